The third kappa shape index (κ3) is 3.53. The molecule has 0 aliphatic rings. The minimum absolute atomic E-state index is 0.0699. The van der Waals surface area contributed by atoms with Crippen molar-refractivity contribution in [1.29, 1.82) is 0 Å². The largest absolute Gasteiger partial charge is 0.421 e. The van der Waals surface area contributed by atoms with Crippen LogP contribution in [-0.4, -0.2) is 21.7 Å². The second-order valence-corrected chi connectivity index (χ2v) is 4.23. The molecule has 0 spiro atoms. The summed E-state index contributed by atoms with van der Waals surface area (Å²) in [5.74, 6) is -0.803. The zero-order valence-corrected chi connectivity index (χ0v) is 11.0. The maximum Gasteiger partial charge on any atom is 0.341 e. The molecule has 0 atom stereocenters. The van der Waals surface area contributed by atoms with E-state index in [0.29, 0.717) is 17.4 Å². The molecule has 2 rings (SSSR count). The number of nitrogens with zero attached hydrogens (tertiary/aromatic N) is 2. The molecular weight excluding hydrogens is 276 g/mol. The summed E-state index contributed by atoms with van der Waals surface area (Å²) in [6, 6.07) is 9.60. The molecule has 0 unspecified atom stereocenters. The van der Waals surface area contributed by atoms with Crippen LogP contribution in [-0.2, 0) is 22.7 Å². The quantitative estimate of drug-likeness (QED) is 0.350. The van der Waals surface area contributed by atoms with Gasteiger partial charge in [-0.15, -0.1) is 0 Å². The lowest BCUT2D eigenvalue weighted by atomic mass is 10.2. The van der Waals surface area contributed by atoms with Gasteiger partial charge in [-0.25, -0.2) is 4.79 Å². The number of esters is 1. The molecule has 2 aromatic rings. The fourth-order valence-electron chi connectivity index (χ4n) is 1.81. The van der Waals surface area contributed by atoms with Gasteiger partial charge < -0.3 is 19.6 Å². The fourth-order valence-corrected chi connectivity index (χ4v) is 1.81. The van der Waals surface area contributed by atoms with Crippen molar-refractivity contribution in [3.8, 4) is 0 Å². The molecule has 0 saturated carbocycles. The Morgan fingerprint density at radius 1 is 1.33 bits per heavy atom. The molecule has 0 radical (unpaired) electrons. The van der Waals surface area contributed by atoms with Crippen LogP contribution in [0.5, 0.6) is 0 Å². The zero-order chi connectivity index (χ0) is 15.2. The van der Waals surface area contributed by atoms with E-state index < -0.39 is 10.9 Å². The Labute approximate surface area is 119 Å². The molecule has 0 amide bonds. The van der Waals surface area contributed by atoms with Crippen molar-refractivity contribution in [3.05, 3.63) is 63.8 Å². The van der Waals surface area contributed by atoms with Gasteiger partial charge in [-0.1, -0.05) is 18.2 Å². The van der Waals surface area contributed by atoms with Gasteiger partial charge in [-0.2, -0.15) is 4.57 Å². The van der Waals surface area contributed by atoms with Crippen molar-refractivity contribution in [3.63, 3.8) is 0 Å². The van der Waals surface area contributed by atoms with E-state index in [1.165, 1.54) is 16.8 Å². The van der Waals surface area contributed by atoms with E-state index in [1.807, 2.05) is 0 Å². The third-order valence-electron chi connectivity index (χ3n) is 2.78. The van der Waals surface area contributed by atoms with Crippen molar-refractivity contribution >= 4 is 18.1 Å². The first kappa shape index (κ1) is 14.4. The molecule has 108 valence electrons. The first-order valence-electron chi connectivity index (χ1n) is 6.11. The van der Waals surface area contributed by atoms with Crippen LogP contribution in [0.3, 0.4) is 0 Å². The molecule has 1 aromatic heterocycles. The molecule has 0 aliphatic heterocycles. The molecule has 7 heteroatoms. The maximum atomic E-state index is 11.8. The average Bonchev–Trinajstić information content (AvgIpc) is 2.89. The standard InChI is InChI=1S/C14H12N2O5/c17-7-6-11-8-13(16(19)20)15(9-11)10-21-14(18)12-4-2-1-3-5-12/h1-5,7-9H,6,10H2. The monoisotopic (exact) mass is 288 g/mol. The number of hydrogen-bond donors (Lipinski definition) is 0. The normalized spacial score (nSPS) is 10.1. The molecule has 0 N–H and O–H groups in total. The van der Waals surface area contributed by atoms with Crippen molar-refractivity contribution in [2.24, 2.45) is 0 Å². The number of hydrogen-bond acceptors (Lipinski definition) is 5. The van der Waals surface area contributed by atoms with E-state index in [2.05, 4.69) is 0 Å². The molecule has 0 aliphatic carbocycles. The van der Waals surface area contributed by atoms with Crippen LogP contribution >= 0.6 is 0 Å². The predicted octanol–water partition coefficient (Wildman–Crippen LogP) is 1.95. The molecule has 1 heterocycles. The van der Waals surface area contributed by atoms with Crippen LogP contribution < -0.4 is 0 Å². The van der Waals surface area contributed by atoms with E-state index in [1.54, 1.807) is 30.3 Å². The number of aromatic nitrogens is 1. The van der Waals surface area contributed by atoms with E-state index in [4.69, 9.17) is 4.74 Å². The van der Waals surface area contributed by atoms with Crippen LogP contribution in [0, 0.1) is 10.1 Å². The minimum Gasteiger partial charge on any atom is -0.421 e. The van der Waals surface area contributed by atoms with Crippen LogP contribution in [0.15, 0.2) is 42.6 Å². The van der Waals surface area contributed by atoms with Gasteiger partial charge in [0.2, 0.25) is 6.73 Å². The number of benzene rings is 1. The van der Waals surface area contributed by atoms with Gasteiger partial charge >= 0.3 is 11.8 Å². The van der Waals surface area contributed by atoms with Gasteiger partial charge in [-0.3, -0.25) is 0 Å². The van der Waals surface area contributed by atoms with Crippen molar-refractivity contribution in [2.45, 2.75) is 13.2 Å². The van der Waals surface area contributed by atoms with Crippen molar-refractivity contribution in [1.82, 2.24) is 4.57 Å². The Morgan fingerprint density at radius 2 is 2.05 bits per heavy atom. The number of nitro groups is 1. The third-order valence-corrected chi connectivity index (χ3v) is 2.78. The highest BCUT2D eigenvalue weighted by molar-refractivity contribution is 5.89. The molecular formula is C14H12N2O5. The second-order valence-electron chi connectivity index (χ2n) is 4.23. The number of carbonyl (C=O) groups excluding carboxylic acids is 2. The Bertz CT molecular complexity index is 663. The number of aldehydes is 1. The minimum atomic E-state index is -0.593. The summed E-state index contributed by atoms with van der Waals surface area (Å²) in [4.78, 5) is 32.5. The zero-order valence-electron chi connectivity index (χ0n) is 11.0. The summed E-state index contributed by atoms with van der Waals surface area (Å²) in [5.41, 5.74) is 0.855. The van der Waals surface area contributed by atoms with Crippen LogP contribution in [0.4, 0.5) is 5.82 Å². The van der Waals surface area contributed by atoms with Gasteiger partial charge in [0.15, 0.2) is 0 Å². The fraction of sp³-hybridized carbons (Fsp3) is 0.143. The second kappa shape index (κ2) is 6.47. The lowest BCUT2D eigenvalue weighted by molar-refractivity contribution is -0.392. The Kier molecular flexibility index (Phi) is 4.45. The number of ether oxygens (including phenoxy) is 1. The first-order valence-corrected chi connectivity index (χ1v) is 6.11. The summed E-state index contributed by atoms with van der Waals surface area (Å²) in [6.07, 6.45) is 2.14. The lowest BCUT2D eigenvalue weighted by Crippen LogP contribution is -2.10. The Hall–Kier alpha value is -2.96. The van der Waals surface area contributed by atoms with Crippen LogP contribution in [0.2, 0.25) is 0 Å². The molecule has 0 fully saturated rings. The van der Waals surface area contributed by atoms with Crippen LogP contribution in [0.1, 0.15) is 15.9 Å². The van der Waals surface area contributed by atoms with E-state index in [9.17, 15) is 19.7 Å². The van der Waals surface area contributed by atoms with E-state index in [0.717, 1.165) is 0 Å². The van der Waals surface area contributed by atoms with Gasteiger partial charge in [0.25, 0.3) is 0 Å². The molecule has 0 saturated heterocycles. The molecule has 1 aromatic carbocycles. The Morgan fingerprint density at radius 3 is 2.67 bits per heavy atom. The number of carbonyl (C=O) groups is 2. The van der Waals surface area contributed by atoms with E-state index >= 15 is 0 Å². The average molecular weight is 288 g/mol. The van der Waals surface area contributed by atoms with Crippen molar-refractivity contribution in [2.75, 3.05) is 0 Å². The summed E-state index contributed by atoms with van der Waals surface area (Å²) in [7, 11) is 0. The van der Waals surface area contributed by atoms with Gasteiger partial charge in [0.1, 0.15) is 6.29 Å². The lowest BCUT2D eigenvalue weighted by Gasteiger charge is -2.04. The summed E-state index contributed by atoms with van der Waals surface area (Å²) >= 11 is 0. The van der Waals surface area contributed by atoms with Crippen LogP contribution in [0.25, 0.3) is 0 Å². The number of rotatable bonds is 6. The topological polar surface area (TPSA) is 91.4 Å². The summed E-state index contributed by atoms with van der Waals surface area (Å²) < 4.78 is 6.21. The SMILES string of the molecule is O=CCc1cc([N+](=O)[O-])n(COC(=O)c2ccccc2)c1. The van der Waals surface area contributed by atoms with Gasteiger partial charge in [-0.05, 0) is 17.1 Å². The molecule has 21 heavy (non-hydrogen) atoms. The Balaban J connectivity index is 2.10. The highest BCUT2D eigenvalue weighted by atomic mass is 16.6. The van der Waals surface area contributed by atoms with E-state index in [-0.39, 0.29) is 19.0 Å². The highest BCUT2D eigenvalue weighted by Crippen LogP contribution is 2.17. The smallest absolute Gasteiger partial charge is 0.341 e. The highest BCUT2D eigenvalue weighted by Gasteiger charge is 2.17. The molecule has 0 bridgehead atoms. The summed E-state index contributed by atoms with van der Waals surface area (Å²) in [6.45, 7) is -0.289. The maximum absolute atomic E-state index is 11.8. The summed E-state index contributed by atoms with van der Waals surface area (Å²) in [5, 5.41) is 10.9. The van der Waals surface area contributed by atoms with Gasteiger partial charge in [0.05, 0.1) is 11.8 Å². The van der Waals surface area contributed by atoms with Crippen molar-refractivity contribution < 1.29 is 19.2 Å². The molecule has 7 nitrogen and oxygen atoms in total. The first-order chi connectivity index (χ1) is 10.1. The predicted molar refractivity (Wildman–Crippen MR) is 72.7 cm³/mol. The van der Waals surface area contributed by atoms with Gasteiger partial charge in [0, 0.05) is 18.1 Å².